The van der Waals surface area contributed by atoms with E-state index in [1.54, 1.807) is 7.11 Å². The van der Waals surface area contributed by atoms with Crippen LogP contribution in [-0.2, 0) is 11.3 Å². The van der Waals surface area contributed by atoms with Gasteiger partial charge in [-0.3, -0.25) is 0 Å². The Morgan fingerprint density at radius 2 is 2.28 bits per heavy atom. The summed E-state index contributed by atoms with van der Waals surface area (Å²) in [5.41, 5.74) is 1.07. The molecule has 1 aromatic carbocycles. The van der Waals surface area contributed by atoms with Gasteiger partial charge in [0.1, 0.15) is 12.4 Å². The van der Waals surface area contributed by atoms with Crippen LogP contribution >= 0.6 is 27.5 Å². The molecule has 3 nitrogen and oxygen atoms in total. The molecule has 0 aliphatic heterocycles. The molecule has 0 bridgehead atoms. The van der Waals surface area contributed by atoms with Crippen molar-refractivity contribution in [1.29, 1.82) is 0 Å². The summed E-state index contributed by atoms with van der Waals surface area (Å²) in [7, 11) is 1.68. The normalized spacial score (nSPS) is 10.4. The molecule has 0 unspecified atom stereocenters. The predicted molar refractivity (Wildman–Crippen MR) is 78.2 cm³/mol. The van der Waals surface area contributed by atoms with Crippen LogP contribution in [-0.4, -0.2) is 26.9 Å². The minimum absolute atomic E-state index is 0.301. The maximum absolute atomic E-state index is 5.71. The zero-order chi connectivity index (χ0) is 13.4. The highest BCUT2D eigenvalue weighted by Crippen LogP contribution is 2.29. The van der Waals surface area contributed by atoms with Crippen molar-refractivity contribution in [1.82, 2.24) is 5.32 Å². The van der Waals surface area contributed by atoms with Crippen molar-refractivity contribution < 1.29 is 9.47 Å². The molecule has 0 radical (unpaired) electrons. The number of rotatable bonds is 8. The molecule has 0 amide bonds. The smallest absolute Gasteiger partial charge is 0.138 e. The minimum Gasteiger partial charge on any atom is -0.486 e. The van der Waals surface area contributed by atoms with Gasteiger partial charge in [0, 0.05) is 30.8 Å². The van der Waals surface area contributed by atoms with E-state index in [1.807, 2.05) is 18.2 Å². The number of para-hydroxylation sites is 1. The topological polar surface area (TPSA) is 30.5 Å². The lowest BCUT2D eigenvalue weighted by Crippen LogP contribution is -2.19. The number of ether oxygens (including phenoxy) is 2. The van der Waals surface area contributed by atoms with Gasteiger partial charge in [0.15, 0.2) is 0 Å². The van der Waals surface area contributed by atoms with Crippen LogP contribution in [0.5, 0.6) is 5.75 Å². The van der Waals surface area contributed by atoms with Crippen molar-refractivity contribution in [3.8, 4) is 5.75 Å². The number of benzene rings is 1. The van der Waals surface area contributed by atoms with E-state index < -0.39 is 0 Å². The van der Waals surface area contributed by atoms with Crippen LogP contribution in [0.4, 0.5) is 0 Å². The standard InChI is InChI=1S/C13H17BrClNO2/c1-10(15)9-18-13-11(4-3-5-12(13)14)8-16-6-7-17-2/h3-5,16H,1,6-9H2,2H3. The highest BCUT2D eigenvalue weighted by molar-refractivity contribution is 9.10. The highest BCUT2D eigenvalue weighted by atomic mass is 79.9. The first-order chi connectivity index (χ1) is 8.65. The zero-order valence-corrected chi connectivity index (χ0v) is 12.7. The Hall–Kier alpha value is -0.550. The van der Waals surface area contributed by atoms with Gasteiger partial charge in [-0.05, 0) is 22.0 Å². The molecule has 0 heterocycles. The molecule has 0 fully saturated rings. The van der Waals surface area contributed by atoms with E-state index in [0.717, 1.165) is 22.3 Å². The molecule has 0 saturated heterocycles. The molecule has 5 heteroatoms. The first-order valence-corrected chi connectivity index (χ1v) is 6.75. The maximum atomic E-state index is 5.71. The lowest BCUT2D eigenvalue weighted by molar-refractivity contribution is 0.199. The van der Waals surface area contributed by atoms with Crippen LogP contribution in [0, 0.1) is 0 Å². The lowest BCUT2D eigenvalue weighted by Gasteiger charge is -2.13. The summed E-state index contributed by atoms with van der Waals surface area (Å²) in [6.45, 7) is 6.10. The van der Waals surface area contributed by atoms with Crippen molar-refractivity contribution in [2.45, 2.75) is 6.54 Å². The summed E-state index contributed by atoms with van der Waals surface area (Å²) < 4.78 is 11.5. The van der Waals surface area contributed by atoms with Gasteiger partial charge < -0.3 is 14.8 Å². The summed E-state index contributed by atoms with van der Waals surface area (Å²) in [5.74, 6) is 0.796. The molecule has 0 aliphatic carbocycles. The van der Waals surface area contributed by atoms with Crippen LogP contribution in [0.25, 0.3) is 0 Å². The van der Waals surface area contributed by atoms with Crippen LogP contribution in [0.1, 0.15) is 5.56 Å². The Kier molecular flexibility index (Phi) is 7.35. The number of methoxy groups -OCH3 is 1. The maximum Gasteiger partial charge on any atom is 0.138 e. The summed E-state index contributed by atoms with van der Waals surface area (Å²) in [4.78, 5) is 0. The van der Waals surface area contributed by atoms with Gasteiger partial charge in [-0.25, -0.2) is 0 Å². The second-order valence-electron chi connectivity index (χ2n) is 3.70. The Balaban J connectivity index is 2.64. The van der Waals surface area contributed by atoms with Crippen LogP contribution in [0.15, 0.2) is 34.3 Å². The van der Waals surface area contributed by atoms with Gasteiger partial charge in [0.05, 0.1) is 11.1 Å². The van der Waals surface area contributed by atoms with E-state index in [9.17, 15) is 0 Å². The van der Waals surface area contributed by atoms with Crippen LogP contribution in [0.2, 0.25) is 0 Å². The molecule has 1 aromatic rings. The van der Waals surface area contributed by atoms with Crippen molar-refractivity contribution in [3.05, 3.63) is 39.8 Å². The van der Waals surface area contributed by atoms with E-state index in [0.29, 0.717) is 24.8 Å². The number of hydrogen-bond acceptors (Lipinski definition) is 3. The molecule has 0 spiro atoms. The van der Waals surface area contributed by atoms with Crippen molar-refractivity contribution in [2.24, 2.45) is 0 Å². The third kappa shape index (κ3) is 5.40. The summed E-state index contributed by atoms with van der Waals surface area (Å²) >= 11 is 9.18. The molecule has 100 valence electrons. The summed E-state index contributed by atoms with van der Waals surface area (Å²) in [6.07, 6.45) is 0. The quantitative estimate of drug-likeness (QED) is 0.740. The largest absolute Gasteiger partial charge is 0.486 e. The molecule has 1 rings (SSSR count). The predicted octanol–water partition coefficient (Wildman–Crippen LogP) is 3.32. The van der Waals surface area contributed by atoms with Crippen LogP contribution in [0.3, 0.4) is 0 Å². The number of halogens is 2. The average molecular weight is 335 g/mol. The number of hydrogen-bond donors (Lipinski definition) is 1. The lowest BCUT2D eigenvalue weighted by atomic mass is 10.2. The molecule has 0 saturated carbocycles. The van der Waals surface area contributed by atoms with E-state index >= 15 is 0 Å². The van der Waals surface area contributed by atoms with Crippen LogP contribution < -0.4 is 10.1 Å². The summed E-state index contributed by atoms with van der Waals surface area (Å²) in [5, 5.41) is 3.75. The summed E-state index contributed by atoms with van der Waals surface area (Å²) in [6, 6.07) is 5.92. The monoisotopic (exact) mass is 333 g/mol. The molecule has 0 aromatic heterocycles. The number of nitrogens with one attached hydrogen (secondary N) is 1. The van der Waals surface area contributed by atoms with Gasteiger partial charge in [0.25, 0.3) is 0 Å². The van der Waals surface area contributed by atoms with Gasteiger partial charge in [-0.1, -0.05) is 30.3 Å². The average Bonchev–Trinajstić information content (AvgIpc) is 2.33. The van der Waals surface area contributed by atoms with Gasteiger partial charge in [0.2, 0.25) is 0 Å². The van der Waals surface area contributed by atoms with Gasteiger partial charge >= 0.3 is 0 Å². The molecular weight excluding hydrogens is 318 g/mol. The van der Waals surface area contributed by atoms with Gasteiger partial charge in [-0.2, -0.15) is 0 Å². The fourth-order valence-corrected chi connectivity index (χ4v) is 1.98. The fourth-order valence-electron chi connectivity index (χ4n) is 1.40. The molecule has 18 heavy (non-hydrogen) atoms. The fraction of sp³-hybridized carbons (Fsp3) is 0.385. The first kappa shape index (κ1) is 15.5. The highest BCUT2D eigenvalue weighted by Gasteiger charge is 2.08. The third-order valence-electron chi connectivity index (χ3n) is 2.22. The molecular formula is C13H17BrClNO2. The third-order valence-corrected chi connectivity index (χ3v) is 2.95. The van der Waals surface area contributed by atoms with E-state index in [-0.39, 0.29) is 0 Å². The second-order valence-corrected chi connectivity index (χ2v) is 5.09. The SMILES string of the molecule is C=C(Cl)COc1c(Br)cccc1CNCCOC. The van der Waals surface area contributed by atoms with Gasteiger partial charge in [-0.15, -0.1) is 0 Å². The van der Waals surface area contributed by atoms with Crippen molar-refractivity contribution in [2.75, 3.05) is 26.9 Å². The Labute approximate surface area is 121 Å². The molecule has 0 atom stereocenters. The Morgan fingerprint density at radius 1 is 1.50 bits per heavy atom. The van der Waals surface area contributed by atoms with E-state index in [4.69, 9.17) is 21.1 Å². The van der Waals surface area contributed by atoms with Crippen molar-refractivity contribution >= 4 is 27.5 Å². The Morgan fingerprint density at radius 3 is 2.94 bits per heavy atom. The van der Waals surface area contributed by atoms with E-state index in [1.165, 1.54) is 0 Å². The first-order valence-electron chi connectivity index (χ1n) is 5.58. The second kappa shape index (κ2) is 8.53. The minimum atomic E-state index is 0.301. The molecule has 0 aliphatic rings. The van der Waals surface area contributed by atoms with E-state index in [2.05, 4.69) is 27.8 Å². The molecule has 1 N–H and O–H groups in total. The Bertz CT molecular complexity index is 399. The van der Waals surface area contributed by atoms with Crippen molar-refractivity contribution in [3.63, 3.8) is 0 Å². The zero-order valence-electron chi connectivity index (χ0n) is 10.3.